The molecule has 3 amide bonds. The summed E-state index contributed by atoms with van der Waals surface area (Å²) in [7, 11) is 0. The summed E-state index contributed by atoms with van der Waals surface area (Å²) in [5, 5.41) is 48.0. The number of hydrogen-bond donors (Lipinski definition) is 7. The molecule has 3 fully saturated rings. The average molecular weight is 848 g/mol. The van der Waals surface area contributed by atoms with Crippen molar-refractivity contribution in [1.82, 2.24) is 16.0 Å². The highest BCUT2D eigenvalue weighted by molar-refractivity contribution is 5.83. The van der Waals surface area contributed by atoms with Gasteiger partial charge >= 0.3 is 12.1 Å². The fourth-order valence-corrected chi connectivity index (χ4v) is 8.36. The molecule has 3 aromatic carbocycles. The maximum absolute atomic E-state index is 13.4. The van der Waals surface area contributed by atoms with Crippen LogP contribution in [-0.2, 0) is 49.4 Å². The molecule has 3 aliphatic heterocycles. The first kappa shape index (κ1) is 44.1. The van der Waals surface area contributed by atoms with Gasteiger partial charge in [0.15, 0.2) is 5.79 Å². The number of hydrogen-bond acceptors (Lipinski definition) is 14. The molecule has 10 atom stereocenters. The Bertz CT molecular complexity index is 1970. The Morgan fingerprint density at radius 3 is 1.95 bits per heavy atom. The molecule has 0 radical (unpaired) electrons. The maximum Gasteiger partial charge on any atom is 0.407 e. The van der Waals surface area contributed by atoms with E-state index >= 15 is 0 Å². The van der Waals surface area contributed by atoms with E-state index in [9.17, 15) is 39.6 Å². The molecule has 7 rings (SSSR count). The van der Waals surface area contributed by atoms with Crippen molar-refractivity contribution in [2.75, 3.05) is 26.3 Å². The summed E-state index contributed by atoms with van der Waals surface area (Å²) in [4.78, 5) is 53.0. The van der Waals surface area contributed by atoms with Crippen molar-refractivity contribution in [2.24, 2.45) is 0 Å². The van der Waals surface area contributed by atoms with Crippen LogP contribution in [0.4, 0.5) is 4.79 Å². The highest BCUT2D eigenvalue weighted by Gasteiger charge is 2.55. The van der Waals surface area contributed by atoms with Crippen molar-refractivity contribution in [2.45, 2.75) is 112 Å². The molecule has 0 unspecified atom stereocenters. The summed E-state index contributed by atoms with van der Waals surface area (Å²) >= 11 is 0. The van der Waals surface area contributed by atoms with Crippen molar-refractivity contribution in [3.63, 3.8) is 0 Å². The molecule has 328 valence electrons. The zero-order chi connectivity index (χ0) is 43.3. The number of amides is 3. The topological polar surface area (TPSA) is 241 Å². The average Bonchev–Trinajstić information content (AvgIpc) is 3.87. The molecule has 0 bridgehead atoms. The number of carbonyl (C=O) groups excluding carboxylic acids is 4. The Balaban J connectivity index is 0.925. The summed E-state index contributed by atoms with van der Waals surface area (Å²) in [6, 6.07) is 23.7. The third-order valence-electron chi connectivity index (χ3n) is 11.4. The number of alkyl carbamates (subject to hydrolysis) is 1. The Kier molecular flexibility index (Phi) is 14.0. The summed E-state index contributed by atoms with van der Waals surface area (Å²) in [6.07, 6.45) is -10.9. The summed E-state index contributed by atoms with van der Waals surface area (Å²) in [5.74, 6) is -2.89. The predicted molar refractivity (Wildman–Crippen MR) is 214 cm³/mol. The molecule has 17 heteroatoms. The smallest absolute Gasteiger partial charge is 0.407 e. The number of nitrogens with one attached hydrogen (secondary N) is 3. The summed E-state index contributed by atoms with van der Waals surface area (Å²) < 4.78 is 35.1. The number of aliphatic hydroxyl groups is 4. The van der Waals surface area contributed by atoms with Gasteiger partial charge in [-0.25, -0.2) is 9.59 Å². The first-order chi connectivity index (χ1) is 29.3. The second-order valence-electron chi connectivity index (χ2n) is 16.1. The van der Waals surface area contributed by atoms with Crippen LogP contribution in [0.2, 0.25) is 0 Å². The van der Waals surface area contributed by atoms with Crippen LogP contribution < -0.4 is 16.0 Å². The van der Waals surface area contributed by atoms with Crippen molar-refractivity contribution in [3.05, 3.63) is 95.6 Å². The molecule has 7 N–H and O–H groups in total. The first-order valence-corrected chi connectivity index (χ1v) is 20.5. The lowest BCUT2D eigenvalue weighted by atomic mass is 9.95. The van der Waals surface area contributed by atoms with Gasteiger partial charge in [0, 0.05) is 25.4 Å². The number of esters is 1. The molecule has 0 aromatic heterocycles. The molecular formula is C44H53N3O14. The normalized spacial score (nSPS) is 27.9. The minimum absolute atomic E-state index is 0.0225. The summed E-state index contributed by atoms with van der Waals surface area (Å²) in [6.45, 7) is 2.58. The van der Waals surface area contributed by atoms with Gasteiger partial charge < -0.3 is 64.8 Å². The van der Waals surface area contributed by atoms with E-state index in [0.717, 1.165) is 27.8 Å². The number of fused-ring (bicyclic) bond motifs is 4. The fraction of sp³-hybridized carbons (Fsp3) is 0.500. The van der Waals surface area contributed by atoms with Gasteiger partial charge in [-0.05, 0) is 48.1 Å². The van der Waals surface area contributed by atoms with E-state index < -0.39 is 97.2 Å². The quantitative estimate of drug-likeness (QED) is 0.100. The number of rotatable bonds is 16. The van der Waals surface area contributed by atoms with Crippen LogP contribution in [0, 0.1) is 0 Å². The van der Waals surface area contributed by atoms with Gasteiger partial charge in [-0.3, -0.25) is 9.59 Å². The largest absolute Gasteiger partial charge is 0.459 e. The van der Waals surface area contributed by atoms with E-state index in [2.05, 4.69) is 16.0 Å². The molecule has 3 saturated heterocycles. The van der Waals surface area contributed by atoms with Crippen LogP contribution in [0.3, 0.4) is 0 Å². The van der Waals surface area contributed by atoms with Crippen molar-refractivity contribution in [3.8, 4) is 11.1 Å². The minimum atomic E-state index is -1.58. The monoisotopic (exact) mass is 847 g/mol. The molecule has 17 nitrogen and oxygen atoms in total. The van der Waals surface area contributed by atoms with E-state index in [1.165, 1.54) is 0 Å². The number of aliphatic hydroxyl groups excluding tert-OH is 4. The van der Waals surface area contributed by atoms with Crippen molar-refractivity contribution < 1.29 is 68.0 Å². The van der Waals surface area contributed by atoms with E-state index in [1.807, 2.05) is 66.7 Å². The van der Waals surface area contributed by atoms with Crippen molar-refractivity contribution >= 4 is 23.9 Å². The molecule has 0 spiro atoms. The Morgan fingerprint density at radius 1 is 0.705 bits per heavy atom. The SMILES string of the molecule is CC1(C)O[C@@H]2[C@H](O1)[C@@H](CNC(=O)CC[C@H](NC(=O)OCC1c3ccccc3-c3ccccc31)C(=O)OCc1ccccc1)O[C@H]2CC(=O)NC[C@@H]1O[C@H](CO)[C@@H](O)[C@H](O)[C@H]1O. The molecule has 4 aliphatic rings. The molecule has 0 saturated carbocycles. The predicted octanol–water partition coefficient (Wildman–Crippen LogP) is 1.17. The highest BCUT2D eigenvalue weighted by Crippen LogP contribution is 2.44. The third kappa shape index (κ3) is 10.4. The van der Waals surface area contributed by atoms with Gasteiger partial charge in [-0.2, -0.15) is 0 Å². The van der Waals surface area contributed by atoms with Crippen molar-refractivity contribution in [1.29, 1.82) is 0 Å². The maximum atomic E-state index is 13.4. The van der Waals surface area contributed by atoms with Gasteiger partial charge in [0.2, 0.25) is 11.8 Å². The van der Waals surface area contributed by atoms with Crippen LogP contribution in [0.15, 0.2) is 78.9 Å². The van der Waals surface area contributed by atoms with Crippen LogP contribution in [0.5, 0.6) is 0 Å². The van der Waals surface area contributed by atoms with Gasteiger partial charge in [0.1, 0.15) is 68.1 Å². The number of ether oxygens (including phenoxy) is 6. The van der Waals surface area contributed by atoms with E-state index in [-0.39, 0.29) is 51.5 Å². The van der Waals surface area contributed by atoms with E-state index in [0.29, 0.717) is 0 Å². The van der Waals surface area contributed by atoms with Gasteiger partial charge in [-0.15, -0.1) is 0 Å². The molecule has 1 aliphatic carbocycles. The third-order valence-corrected chi connectivity index (χ3v) is 11.4. The number of carbonyl (C=O) groups is 4. The lowest BCUT2D eigenvalue weighted by molar-refractivity contribution is -0.227. The zero-order valence-corrected chi connectivity index (χ0v) is 33.9. The molecule has 61 heavy (non-hydrogen) atoms. The van der Waals surface area contributed by atoms with E-state index in [4.69, 9.17) is 28.4 Å². The van der Waals surface area contributed by atoms with Gasteiger partial charge in [-0.1, -0.05) is 78.9 Å². The van der Waals surface area contributed by atoms with Crippen LogP contribution in [-0.4, -0.2) is 137 Å². The molecule has 3 aromatic rings. The Hall–Kier alpha value is -4.98. The molecule has 3 heterocycles. The minimum Gasteiger partial charge on any atom is -0.459 e. The van der Waals surface area contributed by atoms with E-state index in [1.54, 1.807) is 26.0 Å². The zero-order valence-electron chi connectivity index (χ0n) is 33.9. The Labute approximate surface area is 352 Å². The Morgan fingerprint density at radius 2 is 1.28 bits per heavy atom. The van der Waals surface area contributed by atoms with Crippen LogP contribution >= 0.6 is 0 Å². The van der Waals surface area contributed by atoms with Gasteiger partial charge in [0.05, 0.1) is 19.1 Å². The second kappa shape index (κ2) is 19.4. The number of benzene rings is 3. The highest BCUT2D eigenvalue weighted by atomic mass is 16.8. The lowest BCUT2D eigenvalue weighted by Gasteiger charge is -2.40. The van der Waals surface area contributed by atoms with Crippen LogP contribution in [0.1, 0.15) is 55.7 Å². The second-order valence-corrected chi connectivity index (χ2v) is 16.1. The fourth-order valence-electron chi connectivity index (χ4n) is 8.36. The van der Waals surface area contributed by atoms with Crippen LogP contribution in [0.25, 0.3) is 11.1 Å². The molecular weight excluding hydrogens is 794 g/mol. The first-order valence-electron chi connectivity index (χ1n) is 20.5. The standard InChI is InChI=1S/C44H53N3O14/c1-44(2)60-40-31(18-36(50)46-19-32-37(51)39(53)38(52)34(21-48)59-32)58-33(41(40)61-44)20-45-35(49)17-16-30(42(54)56-22-24-10-4-3-5-11-24)47-43(55)57-23-29-27-14-8-6-12-25(27)26-13-7-9-15-28(26)29/h3-15,29-34,37-41,48,51-53H,16-23H2,1-2H3,(H,45,49)(H,46,50)(H,47,55)/t30-,31-,32-,33+,34+,37-,38+,39+,40-,41+/m0/s1. The van der Waals surface area contributed by atoms with Gasteiger partial charge in [0.25, 0.3) is 0 Å². The summed E-state index contributed by atoms with van der Waals surface area (Å²) in [5.41, 5.74) is 4.95. The lowest BCUT2D eigenvalue weighted by Crippen LogP contribution is -2.60.